The van der Waals surface area contributed by atoms with Crippen molar-refractivity contribution in [2.75, 3.05) is 19.4 Å². The maximum absolute atomic E-state index is 12.2. The molecule has 142 valence electrons. The Morgan fingerprint density at radius 3 is 2.61 bits per heavy atom. The lowest BCUT2D eigenvalue weighted by Gasteiger charge is -2.12. The summed E-state index contributed by atoms with van der Waals surface area (Å²) in [7, 11) is 3.28. The molecule has 0 saturated heterocycles. The number of nitrogens with one attached hydrogen (secondary N) is 1. The van der Waals surface area contributed by atoms with Crippen LogP contribution in [0.15, 0.2) is 67.0 Å². The van der Waals surface area contributed by atoms with Gasteiger partial charge in [-0.05, 0) is 36.4 Å². The van der Waals surface area contributed by atoms with Gasteiger partial charge in [-0.15, -0.1) is 0 Å². The van der Waals surface area contributed by atoms with Crippen LogP contribution in [0.1, 0.15) is 15.9 Å². The number of halogens is 1. The summed E-state index contributed by atoms with van der Waals surface area (Å²) < 4.78 is 1.73. The van der Waals surface area contributed by atoms with E-state index in [0.717, 1.165) is 11.3 Å². The van der Waals surface area contributed by atoms with E-state index in [1.54, 1.807) is 49.2 Å². The molecule has 1 heterocycles. The smallest absolute Gasteiger partial charge is 0.254 e. The average Bonchev–Trinajstić information content (AvgIpc) is 3.17. The molecule has 0 aliphatic heterocycles. The zero-order valence-corrected chi connectivity index (χ0v) is 16.2. The van der Waals surface area contributed by atoms with Gasteiger partial charge in [0, 0.05) is 37.6 Å². The Bertz CT molecular complexity index is 1030. The highest BCUT2D eigenvalue weighted by Crippen LogP contribution is 2.22. The lowest BCUT2D eigenvalue weighted by atomic mass is 10.1. The number of hydrogen-bond donors (Lipinski definition) is 1. The molecule has 3 rings (SSSR count). The average molecular weight is 395 g/mol. The van der Waals surface area contributed by atoms with Gasteiger partial charge in [0.15, 0.2) is 0 Å². The number of hydrogen-bond acceptors (Lipinski definition) is 3. The van der Waals surface area contributed by atoms with Gasteiger partial charge >= 0.3 is 0 Å². The van der Waals surface area contributed by atoms with Gasteiger partial charge < -0.3 is 10.2 Å². The van der Waals surface area contributed by atoms with Crippen molar-refractivity contribution in [3.05, 3.63) is 83.2 Å². The molecule has 6 nitrogen and oxygen atoms in total. The highest BCUT2D eigenvalue weighted by atomic mass is 35.5. The summed E-state index contributed by atoms with van der Waals surface area (Å²) in [6.45, 7) is 0. The van der Waals surface area contributed by atoms with Crippen LogP contribution in [-0.2, 0) is 4.79 Å². The second kappa shape index (κ2) is 8.54. The highest BCUT2D eigenvalue weighted by Gasteiger charge is 2.13. The van der Waals surface area contributed by atoms with Crippen molar-refractivity contribution in [3.63, 3.8) is 0 Å². The maximum atomic E-state index is 12.2. The number of benzene rings is 2. The molecule has 1 aromatic heterocycles. The molecule has 7 heteroatoms. The number of carbonyl (C=O) groups excluding carboxylic acids is 2. The predicted octanol–water partition coefficient (Wildman–Crippen LogP) is 3.88. The third-order valence-corrected chi connectivity index (χ3v) is 4.25. The molecule has 0 spiro atoms. The summed E-state index contributed by atoms with van der Waals surface area (Å²) in [5.74, 6) is -0.553. The number of rotatable bonds is 5. The first-order chi connectivity index (χ1) is 13.4. The minimum atomic E-state index is -0.321. The lowest BCUT2D eigenvalue weighted by Crippen LogP contribution is -2.22. The molecule has 28 heavy (non-hydrogen) atoms. The van der Waals surface area contributed by atoms with Gasteiger partial charge in [0.2, 0.25) is 5.91 Å². The Hall–Kier alpha value is -3.38. The van der Waals surface area contributed by atoms with Crippen LogP contribution in [-0.4, -0.2) is 40.6 Å². The predicted molar refractivity (Wildman–Crippen MR) is 111 cm³/mol. The Morgan fingerprint density at radius 2 is 1.89 bits per heavy atom. The van der Waals surface area contributed by atoms with Gasteiger partial charge in [0.1, 0.15) is 0 Å². The molecule has 2 aromatic carbocycles. The van der Waals surface area contributed by atoms with Gasteiger partial charge in [-0.1, -0.05) is 29.8 Å². The maximum Gasteiger partial charge on any atom is 0.254 e. The van der Waals surface area contributed by atoms with E-state index in [-0.39, 0.29) is 11.8 Å². The van der Waals surface area contributed by atoms with E-state index in [1.165, 1.54) is 11.0 Å². The summed E-state index contributed by atoms with van der Waals surface area (Å²) in [6.07, 6.45) is 6.58. The Balaban J connectivity index is 1.68. The number of aromatic nitrogens is 2. The van der Waals surface area contributed by atoms with Gasteiger partial charge in [-0.3, -0.25) is 9.59 Å². The van der Waals surface area contributed by atoms with Crippen LogP contribution in [0.25, 0.3) is 11.8 Å². The second-order valence-corrected chi connectivity index (χ2v) is 6.68. The van der Waals surface area contributed by atoms with E-state index in [9.17, 15) is 9.59 Å². The lowest BCUT2D eigenvalue weighted by molar-refractivity contribution is -0.111. The van der Waals surface area contributed by atoms with Gasteiger partial charge in [0.05, 0.1) is 22.5 Å². The minimum Gasteiger partial charge on any atom is -0.345 e. The second-order valence-electron chi connectivity index (χ2n) is 6.27. The molecule has 0 aliphatic rings. The van der Waals surface area contributed by atoms with Crippen molar-refractivity contribution in [3.8, 4) is 5.69 Å². The Kier molecular flexibility index (Phi) is 5.91. The van der Waals surface area contributed by atoms with E-state index >= 15 is 0 Å². The van der Waals surface area contributed by atoms with E-state index in [4.69, 9.17) is 11.6 Å². The molecule has 0 radical (unpaired) electrons. The fourth-order valence-corrected chi connectivity index (χ4v) is 2.71. The first kappa shape index (κ1) is 19.4. The Morgan fingerprint density at radius 1 is 1.14 bits per heavy atom. The van der Waals surface area contributed by atoms with Crippen LogP contribution in [0.5, 0.6) is 0 Å². The minimum absolute atomic E-state index is 0.232. The van der Waals surface area contributed by atoms with Crippen molar-refractivity contribution < 1.29 is 9.59 Å². The van der Waals surface area contributed by atoms with Crippen LogP contribution >= 0.6 is 11.6 Å². The van der Waals surface area contributed by atoms with Gasteiger partial charge in [0.25, 0.3) is 5.91 Å². The van der Waals surface area contributed by atoms with Crippen LogP contribution in [0.4, 0.5) is 5.69 Å². The summed E-state index contributed by atoms with van der Waals surface area (Å²) in [5, 5.41) is 7.35. The molecule has 1 N–H and O–H groups in total. The summed E-state index contributed by atoms with van der Waals surface area (Å²) in [4.78, 5) is 25.8. The molecule has 0 aliphatic carbocycles. The van der Waals surface area contributed by atoms with Crippen molar-refractivity contribution in [2.45, 2.75) is 0 Å². The van der Waals surface area contributed by atoms with E-state index in [1.807, 2.05) is 36.5 Å². The molecule has 0 unspecified atom stereocenters. The van der Waals surface area contributed by atoms with Crippen LogP contribution < -0.4 is 5.32 Å². The van der Waals surface area contributed by atoms with E-state index < -0.39 is 0 Å². The van der Waals surface area contributed by atoms with Gasteiger partial charge in [-0.2, -0.15) is 5.10 Å². The summed E-state index contributed by atoms with van der Waals surface area (Å²) >= 11 is 6.08. The van der Waals surface area contributed by atoms with Crippen molar-refractivity contribution >= 4 is 35.2 Å². The third kappa shape index (κ3) is 4.66. The molecular formula is C21H19ClN4O2. The molecule has 0 bridgehead atoms. The molecule has 3 aromatic rings. The topological polar surface area (TPSA) is 67.2 Å². The molecular weight excluding hydrogens is 376 g/mol. The fourth-order valence-electron chi connectivity index (χ4n) is 2.51. The first-order valence-electron chi connectivity index (χ1n) is 8.54. The summed E-state index contributed by atoms with van der Waals surface area (Å²) in [6, 6.07) is 14.5. The fraction of sp³-hybridized carbons (Fsp3) is 0.0952. The number of anilines is 1. The quantitative estimate of drug-likeness (QED) is 0.668. The summed E-state index contributed by atoms with van der Waals surface area (Å²) in [5.41, 5.74) is 2.55. The Labute approximate surface area is 168 Å². The molecule has 0 saturated carbocycles. The molecule has 0 fully saturated rings. The van der Waals surface area contributed by atoms with Crippen LogP contribution in [0.3, 0.4) is 0 Å². The van der Waals surface area contributed by atoms with Gasteiger partial charge in [-0.25, -0.2) is 4.68 Å². The molecule has 2 amide bonds. The number of carbonyl (C=O) groups is 2. The van der Waals surface area contributed by atoms with Crippen molar-refractivity contribution in [1.29, 1.82) is 0 Å². The number of para-hydroxylation sites is 1. The zero-order chi connectivity index (χ0) is 20.1. The SMILES string of the molecule is CN(C)C(=O)c1cc(NC(=O)/C=C/c2cnn(-c3ccccc3)c2)ccc1Cl. The molecule has 0 atom stereocenters. The third-order valence-electron chi connectivity index (χ3n) is 3.92. The normalized spacial score (nSPS) is 10.8. The largest absolute Gasteiger partial charge is 0.345 e. The highest BCUT2D eigenvalue weighted by molar-refractivity contribution is 6.34. The van der Waals surface area contributed by atoms with E-state index in [0.29, 0.717) is 16.3 Å². The van der Waals surface area contributed by atoms with Crippen molar-refractivity contribution in [2.24, 2.45) is 0 Å². The van der Waals surface area contributed by atoms with Crippen LogP contribution in [0, 0.1) is 0 Å². The first-order valence-corrected chi connectivity index (χ1v) is 8.92. The van der Waals surface area contributed by atoms with Crippen LogP contribution in [0.2, 0.25) is 5.02 Å². The van der Waals surface area contributed by atoms with Crippen molar-refractivity contribution in [1.82, 2.24) is 14.7 Å². The number of amides is 2. The number of nitrogens with zero attached hydrogens (tertiary/aromatic N) is 3. The van der Waals surface area contributed by atoms with E-state index in [2.05, 4.69) is 10.4 Å². The standard InChI is InChI=1S/C21H19ClN4O2/c1-25(2)21(28)18-12-16(9-10-19(18)22)24-20(27)11-8-15-13-23-26(14-15)17-6-4-3-5-7-17/h3-14H,1-2H3,(H,24,27)/b11-8+. The zero-order valence-electron chi connectivity index (χ0n) is 15.5. The monoisotopic (exact) mass is 394 g/mol.